The van der Waals surface area contributed by atoms with Gasteiger partial charge in [0, 0.05) is 6.07 Å². The van der Waals surface area contributed by atoms with Crippen LogP contribution in [0.5, 0.6) is 0 Å². The predicted octanol–water partition coefficient (Wildman–Crippen LogP) is 3.05. The van der Waals surface area contributed by atoms with Gasteiger partial charge in [-0.15, -0.1) is 0 Å². The third kappa shape index (κ3) is 2.35. The number of aliphatic hydroxyl groups is 1. The van der Waals surface area contributed by atoms with E-state index in [1.54, 1.807) is 0 Å². The van der Waals surface area contributed by atoms with E-state index in [0.717, 1.165) is 25.0 Å². The van der Waals surface area contributed by atoms with Crippen molar-refractivity contribution >= 4 is 21.6 Å². The molecular formula is C11H12BrF2NO. The smallest absolute Gasteiger partial charge is 0.147 e. The van der Waals surface area contributed by atoms with Gasteiger partial charge in [0.05, 0.1) is 22.3 Å². The molecule has 0 amide bonds. The maximum atomic E-state index is 13.5. The van der Waals surface area contributed by atoms with Crippen molar-refractivity contribution in [3.8, 4) is 0 Å². The van der Waals surface area contributed by atoms with Crippen LogP contribution in [0.1, 0.15) is 19.3 Å². The van der Waals surface area contributed by atoms with Gasteiger partial charge >= 0.3 is 0 Å². The van der Waals surface area contributed by atoms with Crippen LogP contribution in [-0.2, 0) is 0 Å². The third-order valence-electron chi connectivity index (χ3n) is 2.83. The second-order valence-corrected chi connectivity index (χ2v) is 4.85. The first-order valence-electron chi connectivity index (χ1n) is 5.17. The molecule has 1 aromatic carbocycles. The summed E-state index contributed by atoms with van der Waals surface area (Å²) in [7, 11) is 0. The van der Waals surface area contributed by atoms with Crippen molar-refractivity contribution in [1.82, 2.24) is 0 Å². The summed E-state index contributed by atoms with van der Waals surface area (Å²) in [4.78, 5) is 0. The lowest BCUT2D eigenvalue weighted by molar-refractivity contribution is 0.171. The quantitative estimate of drug-likeness (QED) is 0.821. The van der Waals surface area contributed by atoms with Crippen LogP contribution in [-0.4, -0.2) is 17.3 Å². The lowest BCUT2D eigenvalue weighted by Crippen LogP contribution is -2.28. The van der Waals surface area contributed by atoms with E-state index in [9.17, 15) is 13.9 Å². The molecule has 0 aliphatic heterocycles. The standard InChI is InChI=1S/C11H12BrF2NO/c12-6-4-8(14)10(5-7(6)13)15-9-2-1-3-11(9)16/h4-5,9,11,15-16H,1-3H2/t9-,11-/m1/s1. The molecule has 2 nitrogen and oxygen atoms in total. The zero-order valence-electron chi connectivity index (χ0n) is 8.51. The minimum Gasteiger partial charge on any atom is -0.391 e. The van der Waals surface area contributed by atoms with Crippen molar-refractivity contribution in [1.29, 1.82) is 0 Å². The van der Waals surface area contributed by atoms with Crippen molar-refractivity contribution in [2.45, 2.75) is 31.4 Å². The number of anilines is 1. The summed E-state index contributed by atoms with van der Waals surface area (Å²) in [6.07, 6.45) is 1.90. The van der Waals surface area contributed by atoms with Gasteiger partial charge in [-0.1, -0.05) is 0 Å². The van der Waals surface area contributed by atoms with Crippen LogP contribution in [0.15, 0.2) is 16.6 Å². The summed E-state index contributed by atoms with van der Waals surface area (Å²) in [6.45, 7) is 0. The molecule has 0 heterocycles. The van der Waals surface area contributed by atoms with Gasteiger partial charge in [-0.05, 0) is 41.3 Å². The van der Waals surface area contributed by atoms with Gasteiger partial charge in [-0.25, -0.2) is 8.78 Å². The summed E-state index contributed by atoms with van der Waals surface area (Å²) < 4.78 is 26.8. The Bertz CT molecular complexity index is 400. The lowest BCUT2D eigenvalue weighted by Gasteiger charge is -2.18. The Balaban J connectivity index is 2.18. The van der Waals surface area contributed by atoms with Crippen molar-refractivity contribution in [3.05, 3.63) is 28.2 Å². The molecule has 5 heteroatoms. The highest BCUT2D eigenvalue weighted by molar-refractivity contribution is 9.10. The van der Waals surface area contributed by atoms with E-state index in [1.165, 1.54) is 0 Å². The Morgan fingerprint density at radius 1 is 1.25 bits per heavy atom. The monoisotopic (exact) mass is 291 g/mol. The van der Waals surface area contributed by atoms with Crippen molar-refractivity contribution < 1.29 is 13.9 Å². The van der Waals surface area contributed by atoms with Crippen LogP contribution >= 0.6 is 15.9 Å². The fourth-order valence-corrected chi connectivity index (χ4v) is 2.26. The SMILES string of the molecule is O[C@@H]1CCC[C@H]1Nc1cc(F)c(Br)cc1F. The predicted molar refractivity (Wildman–Crippen MR) is 61.3 cm³/mol. The van der Waals surface area contributed by atoms with E-state index >= 15 is 0 Å². The molecule has 0 unspecified atom stereocenters. The minimum atomic E-state index is -0.521. The molecule has 0 saturated heterocycles. The number of hydrogen-bond acceptors (Lipinski definition) is 2. The number of rotatable bonds is 2. The van der Waals surface area contributed by atoms with Crippen LogP contribution in [0.2, 0.25) is 0 Å². The summed E-state index contributed by atoms with van der Waals surface area (Å²) in [6, 6.07) is 2.00. The molecule has 0 spiro atoms. The Kier molecular flexibility index (Phi) is 3.44. The van der Waals surface area contributed by atoms with E-state index in [0.29, 0.717) is 6.42 Å². The molecular weight excluding hydrogens is 280 g/mol. The van der Waals surface area contributed by atoms with Gasteiger partial charge in [-0.2, -0.15) is 0 Å². The van der Waals surface area contributed by atoms with E-state index in [4.69, 9.17) is 0 Å². The summed E-state index contributed by atoms with van der Waals surface area (Å²) >= 11 is 2.91. The molecule has 2 atom stereocenters. The maximum absolute atomic E-state index is 13.5. The molecule has 1 aliphatic carbocycles. The number of aliphatic hydroxyl groups excluding tert-OH is 1. The van der Waals surface area contributed by atoms with Gasteiger partial charge in [0.25, 0.3) is 0 Å². The average Bonchev–Trinajstić information content (AvgIpc) is 2.61. The van der Waals surface area contributed by atoms with Gasteiger partial charge in [-0.3, -0.25) is 0 Å². The Labute approximate surface area is 101 Å². The van der Waals surface area contributed by atoms with Crippen LogP contribution in [0, 0.1) is 11.6 Å². The summed E-state index contributed by atoms with van der Waals surface area (Å²) in [5, 5.41) is 12.4. The normalized spacial score (nSPS) is 24.8. The molecule has 2 rings (SSSR count). The molecule has 0 bridgehead atoms. The number of halogens is 3. The van der Waals surface area contributed by atoms with Crippen LogP contribution < -0.4 is 5.32 Å². The largest absolute Gasteiger partial charge is 0.391 e. The summed E-state index contributed by atoms with van der Waals surface area (Å²) in [5.74, 6) is -1.04. The number of nitrogens with one attached hydrogen (secondary N) is 1. The molecule has 16 heavy (non-hydrogen) atoms. The molecule has 0 aromatic heterocycles. The maximum Gasteiger partial charge on any atom is 0.147 e. The molecule has 1 saturated carbocycles. The first kappa shape index (κ1) is 11.8. The second-order valence-electron chi connectivity index (χ2n) is 4.00. The van der Waals surface area contributed by atoms with Crippen molar-refractivity contribution in [2.24, 2.45) is 0 Å². The highest BCUT2D eigenvalue weighted by atomic mass is 79.9. The summed E-state index contributed by atoms with van der Waals surface area (Å²) in [5.41, 5.74) is 0.103. The van der Waals surface area contributed by atoms with Crippen molar-refractivity contribution in [3.63, 3.8) is 0 Å². The minimum absolute atomic E-state index is 0.0996. The highest BCUT2D eigenvalue weighted by Crippen LogP contribution is 2.27. The van der Waals surface area contributed by atoms with Gasteiger partial charge in [0.2, 0.25) is 0 Å². The first-order chi connectivity index (χ1) is 7.58. The van der Waals surface area contributed by atoms with Crippen LogP contribution in [0.4, 0.5) is 14.5 Å². The topological polar surface area (TPSA) is 32.3 Å². The molecule has 2 N–H and O–H groups in total. The molecule has 1 fully saturated rings. The fourth-order valence-electron chi connectivity index (χ4n) is 1.94. The van der Waals surface area contributed by atoms with E-state index in [2.05, 4.69) is 21.2 Å². The van der Waals surface area contributed by atoms with E-state index in [-0.39, 0.29) is 16.2 Å². The van der Waals surface area contributed by atoms with Gasteiger partial charge in [0.15, 0.2) is 0 Å². The molecule has 88 valence electrons. The number of hydrogen-bond donors (Lipinski definition) is 2. The van der Waals surface area contributed by atoms with Crippen LogP contribution in [0.3, 0.4) is 0 Å². The van der Waals surface area contributed by atoms with Gasteiger partial charge < -0.3 is 10.4 Å². The van der Waals surface area contributed by atoms with Crippen molar-refractivity contribution in [2.75, 3.05) is 5.32 Å². The fraction of sp³-hybridized carbons (Fsp3) is 0.455. The van der Waals surface area contributed by atoms with E-state index in [1.807, 2.05) is 0 Å². The zero-order valence-corrected chi connectivity index (χ0v) is 10.1. The average molecular weight is 292 g/mol. The Morgan fingerprint density at radius 2 is 2.00 bits per heavy atom. The van der Waals surface area contributed by atoms with Gasteiger partial charge in [0.1, 0.15) is 11.6 Å². The molecule has 1 aliphatic rings. The molecule has 0 radical (unpaired) electrons. The number of benzene rings is 1. The third-order valence-corrected chi connectivity index (χ3v) is 3.44. The Morgan fingerprint density at radius 3 is 2.62 bits per heavy atom. The van der Waals surface area contributed by atoms with Crippen LogP contribution in [0.25, 0.3) is 0 Å². The molecule has 1 aromatic rings. The first-order valence-corrected chi connectivity index (χ1v) is 5.96. The lowest BCUT2D eigenvalue weighted by atomic mass is 10.2. The zero-order chi connectivity index (χ0) is 11.7. The van der Waals surface area contributed by atoms with E-state index < -0.39 is 17.7 Å². The highest BCUT2D eigenvalue weighted by Gasteiger charge is 2.25. The Hall–Kier alpha value is -0.680. The second kappa shape index (κ2) is 4.67.